The lowest BCUT2D eigenvalue weighted by molar-refractivity contribution is -0.139. The van der Waals surface area contributed by atoms with E-state index >= 15 is 0 Å². The largest absolute Gasteiger partial charge is 0.495 e. The number of esters is 1. The molecule has 0 spiro atoms. The van der Waals surface area contributed by atoms with Gasteiger partial charge in [0, 0.05) is 0 Å². The number of aromatic nitrogens is 1. The highest BCUT2D eigenvalue weighted by atomic mass is 127. The average Bonchev–Trinajstić information content (AvgIpc) is 2.28. The fourth-order valence-electron chi connectivity index (χ4n) is 1.19. The van der Waals surface area contributed by atoms with E-state index in [1.54, 1.807) is 22.6 Å². The van der Waals surface area contributed by atoms with Crippen molar-refractivity contribution in [3.8, 4) is 5.75 Å². The molecule has 0 saturated carbocycles. The molecule has 0 aliphatic rings. The molecule has 0 fully saturated rings. The molecule has 0 saturated heterocycles. The quantitative estimate of drug-likeness (QED) is 0.472. The number of hydrogen-bond acceptors (Lipinski definition) is 4. The summed E-state index contributed by atoms with van der Waals surface area (Å²) in [6, 6.07) is 1.19. The maximum Gasteiger partial charge on any atom is 0.311 e. The second-order valence-corrected chi connectivity index (χ2v) is 4.09. The molecule has 4 nitrogen and oxygen atoms in total. The SMILES string of the molecule is COC(=O)Cc1nc(I)c(C(F)F)cc1OC. The molecular formula is C10H10F2INO3. The molecule has 17 heavy (non-hydrogen) atoms. The van der Waals surface area contributed by atoms with Gasteiger partial charge in [-0.25, -0.2) is 13.8 Å². The lowest BCUT2D eigenvalue weighted by Crippen LogP contribution is -2.09. The fraction of sp³-hybridized carbons (Fsp3) is 0.400. The van der Waals surface area contributed by atoms with E-state index in [9.17, 15) is 13.6 Å². The number of methoxy groups -OCH3 is 2. The average molecular weight is 357 g/mol. The Morgan fingerprint density at radius 2 is 2.18 bits per heavy atom. The van der Waals surface area contributed by atoms with E-state index in [4.69, 9.17) is 4.74 Å². The Morgan fingerprint density at radius 3 is 2.65 bits per heavy atom. The summed E-state index contributed by atoms with van der Waals surface area (Å²) in [7, 11) is 2.58. The molecule has 7 heteroatoms. The normalized spacial score (nSPS) is 10.5. The van der Waals surface area contributed by atoms with Gasteiger partial charge in [-0.2, -0.15) is 0 Å². The van der Waals surface area contributed by atoms with Crippen molar-refractivity contribution >= 4 is 28.6 Å². The van der Waals surface area contributed by atoms with E-state index in [0.717, 1.165) is 0 Å². The predicted octanol–water partition coefficient (Wildman–Crippen LogP) is 2.35. The Bertz CT molecular complexity index is 426. The number of halogens is 3. The van der Waals surface area contributed by atoms with Crippen LogP contribution >= 0.6 is 22.6 Å². The Balaban J connectivity index is 3.14. The van der Waals surface area contributed by atoms with Gasteiger partial charge in [0.05, 0.1) is 31.9 Å². The monoisotopic (exact) mass is 357 g/mol. The van der Waals surface area contributed by atoms with Crippen molar-refractivity contribution in [2.24, 2.45) is 0 Å². The van der Waals surface area contributed by atoms with Gasteiger partial charge in [0.1, 0.15) is 9.45 Å². The Labute approximate surface area is 110 Å². The third kappa shape index (κ3) is 3.48. The first-order valence-electron chi connectivity index (χ1n) is 4.57. The van der Waals surface area contributed by atoms with Crippen molar-refractivity contribution in [2.75, 3.05) is 14.2 Å². The topological polar surface area (TPSA) is 48.4 Å². The number of hydrogen-bond donors (Lipinski definition) is 0. The summed E-state index contributed by atoms with van der Waals surface area (Å²) in [5.41, 5.74) is 0.0733. The zero-order valence-corrected chi connectivity index (χ0v) is 11.3. The number of carbonyl (C=O) groups excluding carboxylic acids is 1. The number of carbonyl (C=O) groups is 1. The van der Waals surface area contributed by atoms with Crippen molar-refractivity contribution in [1.29, 1.82) is 0 Å². The first-order chi connectivity index (χ1) is 7.99. The molecule has 1 aromatic heterocycles. The van der Waals surface area contributed by atoms with Gasteiger partial charge in [0.2, 0.25) is 0 Å². The minimum absolute atomic E-state index is 0.112. The van der Waals surface area contributed by atoms with Crippen LogP contribution in [0.15, 0.2) is 6.07 Å². The molecular weight excluding hydrogens is 347 g/mol. The minimum Gasteiger partial charge on any atom is -0.495 e. The Hall–Kier alpha value is -0.990. The van der Waals surface area contributed by atoms with Crippen LogP contribution in [0.4, 0.5) is 8.78 Å². The van der Waals surface area contributed by atoms with Crippen LogP contribution in [0.5, 0.6) is 5.75 Å². The van der Waals surface area contributed by atoms with Crippen molar-refractivity contribution < 1.29 is 23.0 Å². The lowest BCUT2D eigenvalue weighted by atomic mass is 10.2. The van der Waals surface area contributed by atoms with Crippen LogP contribution in [0.2, 0.25) is 0 Å². The van der Waals surface area contributed by atoms with Gasteiger partial charge >= 0.3 is 5.97 Å². The van der Waals surface area contributed by atoms with E-state index in [-0.39, 0.29) is 27.1 Å². The minimum atomic E-state index is -2.63. The molecule has 1 aromatic rings. The van der Waals surface area contributed by atoms with Gasteiger partial charge in [-0.1, -0.05) is 0 Å². The van der Waals surface area contributed by atoms with Crippen molar-refractivity contribution in [3.05, 3.63) is 21.0 Å². The number of pyridine rings is 1. The molecule has 0 atom stereocenters. The summed E-state index contributed by atoms with van der Waals surface area (Å²) < 4.78 is 34.8. The number of nitrogens with zero attached hydrogens (tertiary/aromatic N) is 1. The van der Waals surface area contributed by atoms with Crippen molar-refractivity contribution in [3.63, 3.8) is 0 Å². The van der Waals surface area contributed by atoms with Gasteiger partial charge in [-0.05, 0) is 28.7 Å². The highest BCUT2D eigenvalue weighted by molar-refractivity contribution is 14.1. The molecule has 1 heterocycles. The van der Waals surface area contributed by atoms with Crippen molar-refractivity contribution in [2.45, 2.75) is 12.8 Å². The zero-order chi connectivity index (χ0) is 13.0. The van der Waals surface area contributed by atoms with Gasteiger partial charge < -0.3 is 9.47 Å². The summed E-state index contributed by atoms with van der Waals surface area (Å²) in [5, 5.41) is 0. The third-order valence-electron chi connectivity index (χ3n) is 2.04. The van der Waals surface area contributed by atoms with Gasteiger partial charge in [0.15, 0.2) is 0 Å². The van der Waals surface area contributed by atoms with E-state index in [2.05, 4.69) is 9.72 Å². The van der Waals surface area contributed by atoms with Gasteiger partial charge in [-0.15, -0.1) is 0 Å². The molecule has 0 radical (unpaired) electrons. The van der Waals surface area contributed by atoms with E-state index in [0.29, 0.717) is 0 Å². The van der Waals surface area contributed by atoms with E-state index in [1.807, 2.05) is 0 Å². The number of alkyl halides is 2. The standard InChI is InChI=1S/C10H10F2INO3/c1-16-7-3-5(9(11)12)10(13)14-6(7)4-8(15)17-2/h3,9H,4H2,1-2H3. The molecule has 0 aliphatic carbocycles. The molecule has 0 aliphatic heterocycles. The summed E-state index contributed by atoms with van der Waals surface area (Å²) in [6.45, 7) is 0. The lowest BCUT2D eigenvalue weighted by Gasteiger charge is -2.10. The molecule has 0 unspecified atom stereocenters. The molecule has 94 valence electrons. The summed E-state index contributed by atoms with van der Waals surface area (Å²) in [4.78, 5) is 15.0. The summed E-state index contributed by atoms with van der Waals surface area (Å²) in [6.07, 6.45) is -2.74. The number of ether oxygens (including phenoxy) is 2. The van der Waals surface area contributed by atoms with Crippen LogP contribution in [0.1, 0.15) is 17.7 Å². The van der Waals surface area contributed by atoms with E-state index < -0.39 is 12.4 Å². The van der Waals surface area contributed by atoms with Gasteiger partial charge in [0.25, 0.3) is 6.43 Å². The second kappa shape index (κ2) is 6.08. The van der Waals surface area contributed by atoms with E-state index in [1.165, 1.54) is 20.3 Å². The van der Waals surface area contributed by atoms with Gasteiger partial charge in [-0.3, -0.25) is 4.79 Å². The van der Waals surface area contributed by atoms with Crippen LogP contribution in [-0.4, -0.2) is 25.2 Å². The molecule has 0 N–H and O–H groups in total. The Kier molecular flexibility index (Phi) is 5.03. The molecule has 0 aromatic carbocycles. The Morgan fingerprint density at radius 1 is 1.53 bits per heavy atom. The predicted molar refractivity (Wildman–Crippen MR) is 64.2 cm³/mol. The smallest absolute Gasteiger partial charge is 0.311 e. The highest BCUT2D eigenvalue weighted by Crippen LogP contribution is 2.29. The van der Waals surface area contributed by atoms with Crippen LogP contribution in [0.25, 0.3) is 0 Å². The molecule has 1 rings (SSSR count). The summed E-state index contributed by atoms with van der Waals surface area (Å²) >= 11 is 1.69. The second-order valence-electron chi connectivity index (χ2n) is 3.07. The first kappa shape index (κ1) is 14.1. The van der Waals surface area contributed by atoms with Crippen molar-refractivity contribution in [1.82, 2.24) is 4.98 Å². The third-order valence-corrected chi connectivity index (χ3v) is 2.90. The first-order valence-corrected chi connectivity index (χ1v) is 5.65. The molecule has 0 amide bonds. The fourth-order valence-corrected chi connectivity index (χ4v) is 1.87. The zero-order valence-electron chi connectivity index (χ0n) is 9.17. The van der Waals surface area contributed by atoms with Crippen LogP contribution in [-0.2, 0) is 16.0 Å². The molecule has 0 bridgehead atoms. The summed E-state index contributed by atoms with van der Waals surface area (Å²) in [5.74, 6) is -0.345. The van der Waals surface area contributed by atoms with Crippen LogP contribution in [0.3, 0.4) is 0 Å². The number of rotatable bonds is 4. The van der Waals surface area contributed by atoms with Crippen LogP contribution in [0, 0.1) is 3.70 Å². The maximum absolute atomic E-state index is 12.6. The van der Waals surface area contributed by atoms with Crippen LogP contribution < -0.4 is 4.74 Å². The maximum atomic E-state index is 12.6. The highest BCUT2D eigenvalue weighted by Gasteiger charge is 2.19.